The van der Waals surface area contributed by atoms with E-state index in [9.17, 15) is 14.0 Å². The van der Waals surface area contributed by atoms with Crippen LogP contribution in [0.2, 0.25) is 0 Å². The number of halogens is 1. The molecular formula is C23H22FN5O3. The number of hydrogen-bond donors (Lipinski definition) is 1. The van der Waals surface area contributed by atoms with Crippen LogP contribution in [0.15, 0.2) is 69.9 Å². The van der Waals surface area contributed by atoms with Gasteiger partial charge in [0.25, 0.3) is 0 Å². The predicted molar refractivity (Wildman–Crippen MR) is 117 cm³/mol. The molecule has 1 amide bonds. The molecule has 4 rings (SSSR count). The molecule has 0 saturated heterocycles. The molecule has 0 saturated carbocycles. The molecule has 0 unspecified atom stereocenters. The van der Waals surface area contributed by atoms with Crippen molar-refractivity contribution >= 4 is 11.7 Å². The van der Waals surface area contributed by atoms with E-state index in [1.807, 2.05) is 51.1 Å². The molecule has 0 aliphatic carbocycles. The molecule has 0 radical (unpaired) electrons. The largest absolute Gasteiger partial charge is 0.437 e. The Balaban J connectivity index is 1.58. The maximum atomic E-state index is 13.1. The van der Waals surface area contributed by atoms with Crippen molar-refractivity contribution in [1.29, 1.82) is 0 Å². The summed E-state index contributed by atoms with van der Waals surface area (Å²) in [6, 6.07) is 16.6. The van der Waals surface area contributed by atoms with E-state index in [2.05, 4.69) is 15.5 Å². The molecule has 0 aliphatic rings. The Hall–Kier alpha value is -4.01. The average Bonchev–Trinajstić information content (AvgIpc) is 3.33. The Kier molecular flexibility index (Phi) is 5.48. The van der Waals surface area contributed by atoms with Gasteiger partial charge < -0.3 is 9.73 Å². The molecule has 4 aromatic rings. The van der Waals surface area contributed by atoms with Crippen LogP contribution in [0.25, 0.3) is 17.1 Å². The van der Waals surface area contributed by atoms with Crippen LogP contribution in [0.4, 0.5) is 10.2 Å². The first-order valence-corrected chi connectivity index (χ1v) is 10.0. The molecule has 2 aromatic carbocycles. The molecule has 0 atom stereocenters. The second kappa shape index (κ2) is 8.26. The molecule has 164 valence electrons. The van der Waals surface area contributed by atoms with E-state index in [-0.39, 0.29) is 17.9 Å². The van der Waals surface area contributed by atoms with E-state index in [4.69, 9.17) is 4.42 Å². The number of nitrogens with one attached hydrogen (secondary N) is 1. The number of nitrogens with zero attached hydrogens (tertiary/aromatic N) is 4. The molecule has 0 spiro atoms. The van der Waals surface area contributed by atoms with Gasteiger partial charge >= 0.3 is 5.76 Å². The molecule has 2 aromatic heterocycles. The zero-order valence-electron chi connectivity index (χ0n) is 17.9. The normalized spacial score (nSPS) is 11.5. The molecular weight excluding hydrogens is 413 g/mol. The van der Waals surface area contributed by atoms with Gasteiger partial charge in [-0.25, -0.2) is 13.9 Å². The Morgan fingerprint density at radius 2 is 1.75 bits per heavy atom. The zero-order chi connectivity index (χ0) is 22.9. The first kappa shape index (κ1) is 21.2. The first-order chi connectivity index (χ1) is 15.2. The summed E-state index contributed by atoms with van der Waals surface area (Å²) in [4.78, 5) is 24.9. The van der Waals surface area contributed by atoms with Crippen molar-refractivity contribution < 1.29 is 13.6 Å². The van der Waals surface area contributed by atoms with Gasteiger partial charge in [-0.3, -0.25) is 4.79 Å². The number of hydrogen-bond acceptors (Lipinski definition) is 5. The second-order valence-corrected chi connectivity index (χ2v) is 8.30. The summed E-state index contributed by atoms with van der Waals surface area (Å²) in [7, 11) is 0. The summed E-state index contributed by atoms with van der Waals surface area (Å²) < 4.78 is 20.8. The lowest BCUT2D eigenvalue weighted by atomic mass is 9.92. The smallest absolute Gasteiger partial charge is 0.388 e. The Bertz CT molecular complexity index is 1300. The van der Waals surface area contributed by atoms with Crippen LogP contribution in [-0.2, 0) is 16.8 Å². The number of rotatable bonds is 5. The molecule has 2 heterocycles. The minimum Gasteiger partial charge on any atom is -0.388 e. The highest BCUT2D eigenvalue weighted by atomic mass is 19.1. The van der Waals surface area contributed by atoms with Gasteiger partial charge in [0.2, 0.25) is 11.8 Å². The number of amides is 1. The molecule has 0 fully saturated rings. The molecule has 32 heavy (non-hydrogen) atoms. The quantitative estimate of drug-likeness (QED) is 0.515. The molecule has 1 N–H and O–H groups in total. The van der Waals surface area contributed by atoms with E-state index in [0.29, 0.717) is 11.4 Å². The van der Waals surface area contributed by atoms with Crippen LogP contribution in [-0.4, -0.2) is 25.5 Å². The number of benzene rings is 2. The summed E-state index contributed by atoms with van der Waals surface area (Å²) in [6.07, 6.45) is 0. The fraction of sp³-hybridized carbons (Fsp3) is 0.217. The number of para-hydroxylation sites is 1. The number of carbonyl (C=O) groups excluding carboxylic acids is 1. The van der Waals surface area contributed by atoms with Gasteiger partial charge in [-0.15, -0.1) is 5.10 Å². The molecule has 8 nitrogen and oxygen atoms in total. The van der Waals surface area contributed by atoms with Crippen molar-refractivity contribution in [1.82, 2.24) is 19.6 Å². The minimum absolute atomic E-state index is 0.00662. The zero-order valence-corrected chi connectivity index (χ0v) is 17.9. The van der Waals surface area contributed by atoms with E-state index in [0.717, 1.165) is 16.1 Å². The lowest BCUT2D eigenvalue weighted by molar-refractivity contribution is -0.117. The van der Waals surface area contributed by atoms with Crippen molar-refractivity contribution in [3.8, 4) is 17.1 Å². The average molecular weight is 435 g/mol. The molecule has 0 aliphatic heterocycles. The monoisotopic (exact) mass is 435 g/mol. The van der Waals surface area contributed by atoms with Crippen molar-refractivity contribution in [2.75, 3.05) is 5.32 Å². The van der Waals surface area contributed by atoms with Crippen molar-refractivity contribution in [3.63, 3.8) is 0 Å². The van der Waals surface area contributed by atoms with Crippen molar-refractivity contribution in [2.45, 2.75) is 32.7 Å². The predicted octanol–water partition coefficient (Wildman–Crippen LogP) is 3.76. The maximum absolute atomic E-state index is 13.1. The summed E-state index contributed by atoms with van der Waals surface area (Å²) in [5.74, 6) is -1.19. The summed E-state index contributed by atoms with van der Waals surface area (Å²) >= 11 is 0. The lowest BCUT2D eigenvalue weighted by Crippen LogP contribution is -2.26. The van der Waals surface area contributed by atoms with Gasteiger partial charge in [0.05, 0.1) is 11.4 Å². The third-order valence-electron chi connectivity index (χ3n) is 4.74. The topological polar surface area (TPSA) is 95.0 Å². The van der Waals surface area contributed by atoms with Gasteiger partial charge in [-0.1, -0.05) is 39.0 Å². The fourth-order valence-electron chi connectivity index (χ4n) is 3.04. The Morgan fingerprint density at radius 1 is 1.06 bits per heavy atom. The standard InChI is InChI=1S/C23H22FN5O3/c1-23(2,3)18-13-19(29(26-18)17-7-5-4-6-8-17)25-20(30)14-28-22(31)32-21(27-28)15-9-11-16(24)12-10-15/h4-13H,14H2,1-3H3,(H,25,30). The van der Waals surface area contributed by atoms with Crippen LogP contribution >= 0.6 is 0 Å². The van der Waals surface area contributed by atoms with Crippen LogP contribution < -0.4 is 11.1 Å². The van der Waals surface area contributed by atoms with E-state index >= 15 is 0 Å². The summed E-state index contributed by atoms with van der Waals surface area (Å²) in [5.41, 5.74) is 1.79. The second-order valence-electron chi connectivity index (χ2n) is 8.30. The van der Waals surface area contributed by atoms with E-state index in [1.54, 1.807) is 10.7 Å². The third kappa shape index (κ3) is 4.51. The molecule has 9 heteroatoms. The number of anilines is 1. The van der Waals surface area contributed by atoms with E-state index in [1.165, 1.54) is 24.3 Å². The van der Waals surface area contributed by atoms with Crippen molar-refractivity contribution in [2.24, 2.45) is 0 Å². The Morgan fingerprint density at radius 3 is 2.41 bits per heavy atom. The minimum atomic E-state index is -0.786. The highest BCUT2D eigenvalue weighted by Gasteiger charge is 2.22. The third-order valence-corrected chi connectivity index (χ3v) is 4.74. The SMILES string of the molecule is CC(C)(C)c1cc(NC(=O)Cn2nc(-c3ccc(F)cc3)oc2=O)n(-c2ccccc2)n1. The highest BCUT2D eigenvalue weighted by Crippen LogP contribution is 2.26. The van der Waals surface area contributed by atoms with E-state index < -0.39 is 17.5 Å². The highest BCUT2D eigenvalue weighted by molar-refractivity contribution is 5.90. The van der Waals surface area contributed by atoms with Crippen LogP contribution in [0.5, 0.6) is 0 Å². The summed E-state index contributed by atoms with van der Waals surface area (Å²) in [5, 5.41) is 11.5. The van der Waals surface area contributed by atoms with Gasteiger partial charge in [0.15, 0.2) is 0 Å². The van der Waals surface area contributed by atoms with Gasteiger partial charge in [0.1, 0.15) is 18.2 Å². The van der Waals surface area contributed by atoms with Gasteiger partial charge in [-0.05, 0) is 36.4 Å². The van der Waals surface area contributed by atoms with Crippen LogP contribution in [0.1, 0.15) is 26.5 Å². The fourth-order valence-corrected chi connectivity index (χ4v) is 3.04. The number of carbonyl (C=O) groups is 1. The van der Waals surface area contributed by atoms with Crippen LogP contribution in [0.3, 0.4) is 0 Å². The first-order valence-electron chi connectivity index (χ1n) is 10.0. The number of aromatic nitrogens is 4. The van der Waals surface area contributed by atoms with Gasteiger partial charge in [0, 0.05) is 17.0 Å². The Labute approximate surface area is 183 Å². The van der Waals surface area contributed by atoms with Crippen molar-refractivity contribution in [3.05, 3.63) is 82.7 Å². The maximum Gasteiger partial charge on any atom is 0.437 e. The summed E-state index contributed by atoms with van der Waals surface area (Å²) in [6.45, 7) is 5.74. The van der Waals surface area contributed by atoms with Crippen LogP contribution in [0, 0.1) is 5.82 Å². The van der Waals surface area contributed by atoms with Gasteiger partial charge in [-0.2, -0.15) is 9.78 Å². The molecule has 0 bridgehead atoms. The lowest BCUT2D eigenvalue weighted by Gasteiger charge is -2.14.